The van der Waals surface area contributed by atoms with Crippen LogP contribution in [0.15, 0.2) is 42.5 Å². The highest BCUT2D eigenvalue weighted by atomic mass is 32.2. The first-order valence-electron chi connectivity index (χ1n) is 8.50. The van der Waals surface area contributed by atoms with Crippen molar-refractivity contribution < 1.29 is 23.1 Å². The molecule has 2 aromatic carbocycles. The SMILES string of the molecule is Cc1ccc(NC(=O)Cc2ccccc2C(=O)O)cc1N1CCCS1(=O)=O. The fourth-order valence-corrected chi connectivity index (χ4v) is 4.75. The Morgan fingerprint density at radius 1 is 1.19 bits per heavy atom. The molecule has 2 N–H and O–H groups in total. The number of hydrogen-bond donors (Lipinski definition) is 2. The molecule has 7 nitrogen and oxygen atoms in total. The standard InChI is InChI=1S/C19H20N2O5S/c1-13-7-8-15(12-17(13)21-9-4-10-27(21,25)26)20-18(22)11-14-5-2-3-6-16(14)19(23)24/h2-3,5-8,12H,4,9-11H2,1H3,(H,20,22)(H,23,24). The van der Waals surface area contributed by atoms with Gasteiger partial charge in [0.25, 0.3) is 0 Å². The first-order chi connectivity index (χ1) is 12.8. The zero-order chi connectivity index (χ0) is 19.6. The predicted octanol–water partition coefficient (Wildman–Crippen LogP) is 2.41. The molecule has 3 rings (SSSR count). The van der Waals surface area contributed by atoms with E-state index in [0.29, 0.717) is 29.9 Å². The molecule has 8 heteroatoms. The summed E-state index contributed by atoms with van der Waals surface area (Å²) in [5, 5.41) is 11.9. The van der Waals surface area contributed by atoms with Gasteiger partial charge in [-0.15, -0.1) is 0 Å². The second-order valence-electron chi connectivity index (χ2n) is 6.43. The Bertz CT molecular complexity index is 1000. The predicted molar refractivity (Wildman–Crippen MR) is 103 cm³/mol. The smallest absolute Gasteiger partial charge is 0.335 e. The average Bonchev–Trinajstić information content (AvgIpc) is 2.96. The zero-order valence-electron chi connectivity index (χ0n) is 14.8. The number of carboxylic acid groups (broad SMARTS) is 1. The van der Waals surface area contributed by atoms with E-state index in [2.05, 4.69) is 5.32 Å². The fourth-order valence-electron chi connectivity index (χ4n) is 3.13. The summed E-state index contributed by atoms with van der Waals surface area (Å²) >= 11 is 0. The summed E-state index contributed by atoms with van der Waals surface area (Å²) in [6, 6.07) is 11.4. The highest BCUT2D eigenvalue weighted by Gasteiger charge is 2.29. The van der Waals surface area contributed by atoms with Crippen molar-refractivity contribution in [2.45, 2.75) is 19.8 Å². The van der Waals surface area contributed by atoms with Gasteiger partial charge in [0.2, 0.25) is 15.9 Å². The number of rotatable bonds is 5. The van der Waals surface area contributed by atoms with Gasteiger partial charge in [-0.25, -0.2) is 13.2 Å². The Kier molecular flexibility index (Phi) is 5.18. The van der Waals surface area contributed by atoms with Crippen LogP contribution in [0, 0.1) is 6.92 Å². The number of carbonyl (C=O) groups excluding carboxylic acids is 1. The first kappa shape index (κ1) is 18.9. The largest absolute Gasteiger partial charge is 0.478 e. The number of carbonyl (C=O) groups is 2. The molecule has 1 fully saturated rings. The molecule has 0 bridgehead atoms. The lowest BCUT2D eigenvalue weighted by Crippen LogP contribution is -2.26. The number of benzene rings is 2. The molecule has 0 atom stereocenters. The third kappa shape index (κ3) is 4.11. The van der Waals surface area contributed by atoms with E-state index in [1.807, 2.05) is 6.92 Å². The molecule has 142 valence electrons. The van der Waals surface area contributed by atoms with E-state index in [1.165, 1.54) is 10.4 Å². The van der Waals surface area contributed by atoms with E-state index in [-0.39, 0.29) is 23.6 Å². The third-order valence-electron chi connectivity index (χ3n) is 4.46. The molecule has 0 spiro atoms. The van der Waals surface area contributed by atoms with Crippen LogP contribution >= 0.6 is 0 Å². The Morgan fingerprint density at radius 2 is 1.93 bits per heavy atom. The second kappa shape index (κ2) is 7.40. The van der Waals surface area contributed by atoms with Gasteiger partial charge in [-0.2, -0.15) is 0 Å². The molecule has 1 aliphatic rings. The van der Waals surface area contributed by atoms with Crippen molar-refractivity contribution in [2.24, 2.45) is 0 Å². The highest BCUT2D eigenvalue weighted by Crippen LogP contribution is 2.30. The van der Waals surface area contributed by atoms with Crippen LogP contribution in [-0.2, 0) is 21.2 Å². The quantitative estimate of drug-likeness (QED) is 0.819. The Hall–Kier alpha value is -2.87. The lowest BCUT2D eigenvalue weighted by Gasteiger charge is -2.20. The molecule has 0 aromatic heterocycles. The highest BCUT2D eigenvalue weighted by molar-refractivity contribution is 7.93. The van der Waals surface area contributed by atoms with Crippen LogP contribution in [0.25, 0.3) is 0 Å². The molecule has 0 radical (unpaired) electrons. The van der Waals surface area contributed by atoms with E-state index in [4.69, 9.17) is 0 Å². The van der Waals surface area contributed by atoms with Crippen LogP contribution in [-0.4, -0.2) is 37.7 Å². The summed E-state index contributed by atoms with van der Waals surface area (Å²) in [7, 11) is -3.32. The van der Waals surface area contributed by atoms with Crippen LogP contribution in [0.5, 0.6) is 0 Å². The van der Waals surface area contributed by atoms with E-state index in [1.54, 1.807) is 36.4 Å². The van der Waals surface area contributed by atoms with Gasteiger partial charge in [-0.1, -0.05) is 24.3 Å². The minimum atomic E-state index is -3.32. The number of carboxylic acids is 1. The topological polar surface area (TPSA) is 104 Å². The molecule has 0 aliphatic carbocycles. The van der Waals surface area contributed by atoms with Gasteiger partial charge in [0.15, 0.2) is 0 Å². The van der Waals surface area contributed by atoms with Crippen molar-refractivity contribution in [1.29, 1.82) is 0 Å². The summed E-state index contributed by atoms with van der Waals surface area (Å²) in [6.45, 7) is 2.24. The Morgan fingerprint density at radius 3 is 2.59 bits per heavy atom. The molecule has 0 saturated carbocycles. The lowest BCUT2D eigenvalue weighted by molar-refractivity contribution is -0.115. The number of nitrogens with one attached hydrogen (secondary N) is 1. The maximum atomic E-state index is 12.4. The normalized spacial score (nSPS) is 15.5. The minimum Gasteiger partial charge on any atom is -0.478 e. The van der Waals surface area contributed by atoms with Gasteiger partial charge in [-0.3, -0.25) is 9.10 Å². The number of nitrogens with zero attached hydrogens (tertiary/aromatic N) is 1. The summed E-state index contributed by atoms with van der Waals surface area (Å²) in [5.74, 6) is -1.34. The second-order valence-corrected chi connectivity index (χ2v) is 8.44. The van der Waals surface area contributed by atoms with E-state index in [0.717, 1.165) is 5.56 Å². The molecule has 2 aromatic rings. The molecule has 1 aliphatic heterocycles. The maximum absolute atomic E-state index is 12.4. The summed E-state index contributed by atoms with van der Waals surface area (Å²) in [4.78, 5) is 23.6. The van der Waals surface area contributed by atoms with E-state index >= 15 is 0 Å². The van der Waals surface area contributed by atoms with Gasteiger partial charge < -0.3 is 10.4 Å². The van der Waals surface area contributed by atoms with E-state index in [9.17, 15) is 23.1 Å². The van der Waals surface area contributed by atoms with Gasteiger partial charge in [-0.05, 0) is 42.7 Å². The number of sulfonamides is 1. The first-order valence-corrected chi connectivity index (χ1v) is 10.1. The molecule has 1 amide bonds. The summed E-state index contributed by atoms with van der Waals surface area (Å²) < 4.78 is 25.7. The molecule has 0 unspecified atom stereocenters. The number of aromatic carboxylic acids is 1. The van der Waals surface area contributed by atoms with Crippen molar-refractivity contribution in [3.8, 4) is 0 Å². The van der Waals surface area contributed by atoms with Crippen LogP contribution in [0.3, 0.4) is 0 Å². The van der Waals surface area contributed by atoms with Crippen molar-refractivity contribution in [2.75, 3.05) is 21.9 Å². The van der Waals surface area contributed by atoms with Crippen LogP contribution in [0.2, 0.25) is 0 Å². The third-order valence-corrected chi connectivity index (χ3v) is 6.32. The Labute approximate surface area is 157 Å². The van der Waals surface area contributed by atoms with Crippen molar-refractivity contribution in [1.82, 2.24) is 0 Å². The van der Waals surface area contributed by atoms with Gasteiger partial charge >= 0.3 is 5.97 Å². The van der Waals surface area contributed by atoms with Gasteiger partial charge in [0, 0.05) is 12.2 Å². The number of aryl methyl sites for hydroxylation is 1. The summed E-state index contributed by atoms with van der Waals surface area (Å²) in [5.41, 5.74) is 2.32. The van der Waals surface area contributed by atoms with Crippen LogP contribution < -0.4 is 9.62 Å². The summed E-state index contributed by atoms with van der Waals surface area (Å²) in [6.07, 6.45) is 0.484. The van der Waals surface area contributed by atoms with Crippen molar-refractivity contribution >= 4 is 33.3 Å². The fraction of sp³-hybridized carbons (Fsp3) is 0.263. The molecular formula is C19H20N2O5S. The zero-order valence-corrected chi connectivity index (χ0v) is 15.6. The van der Waals surface area contributed by atoms with E-state index < -0.39 is 16.0 Å². The van der Waals surface area contributed by atoms with Gasteiger partial charge in [0.05, 0.1) is 23.4 Å². The molecule has 1 heterocycles. The van der Waals surface area contributed by atoms with Crippen molar-refractivity contribution in [3.05, 3.63) is 59.2 Å². The number of hydrogen-bond acceptors (Lipinski definition) is 4. The minimum absolute atomic E-state index is 0.0837. The molecular weight excluding hydrogens is 368 g/mol. The van der Waals surface area contributed by atoms with Crippen LogP contribution in [0.1, 0.15) is 27.9 Å². The Balaban J connectivity index is 1.80. The molecule has 1 saturated heterocycles. The number of amides is 1. The monoisotopic (exact) mass is 388 g/mol. The lowest BCUT2D eigenvalue weighted by atomic mass is 10.0. The van der Waals surface area contributed by atoms with Gasteiger partial charge in [0.1, 0.15) is 0 Å². The van der Waals surface area contributed by atoms with Crippen LogP contribution in [0.4, 0.5) is 11.4 Å². The molecule has 27 heavy (non-hydrogen) atoms. The average molecular weight is 388 g/mol. The number of anilines is 2. The van der Waals surface area contributed by atoms with Crippen molar-refractivity contribution in [3.63, 3.8) is 0 Å². The maximum Gasteiger partial charge on any atom is 0.335 e.